The van der Waals surface area contributed by atoms with E-state index in [1.165, 1.54) is 6.92 Å². The van der Waals surface area contributed by atoms with E-state index in [0.29, 0.717) is 0 Å². The molecular weight excluding hydrogens is 270 g/mol. The van der Waals surface area contributed by atoms with Crippen molar-refractivity contribution in [3.05, 3.63) is 38.3 Å². The molecule has 9 nitrogen and oxygen atoms in total. The van der Waals surface area contributed by atoms with Crippen LogP contribution in [0.1, 0.15) is 12.5 Å². The molecule has 1 rings (SSSR count). The maximum absolute atomic E-state index is 11.7. The van der Waals surface area contributed by atoms with Crippen LogP contribution in [0.15, 0.2) is 17.1 Å². The van der Waals surface area contributed by atoms with Crippen molar-refractivity contribution in [2.75, 3.05) is 0 Å². The quantitative estimate of drug-likeness (QED) is 0.561. The highest BCUT2D eigenvalue weighted by molar-refractivity contribution is 5.81. The molecule has 20 heavy (non-hydrogen) atoms. The highest BCUT2D eigenvalue weighted by Gasteiger charge is 2.21. The van der Waals surface area contributed by atoms with Gasteiger partial charge in [-0.3, -0.25) is 19.7 Å². The van der Waals surface area contributed by atoms with Crippen molar-refractivity contribution in [2.24, 2.45) is 0 Å². The molecule has 0 saturated heterocycles. The van der Waals surface area contributed by atoms with Crippen LogP contribution < -0.4 is 10.9 Å². The molecule has 1 aromatic heterocycles. The fraction of sp³-hybridized carbons (Fsp3) is 0.364. The number of aliphatic carboxylic acids is 1. The first-order valence-corrected chi connectivity index (χ1v) is 5.57. The van der Waals surface area contributed by atoms with Crippen LogP contribution in [0.3, 0.4) is 0 Å². The second-order valence-electron chi connectivity index (χ2n) is 4.18. The summed E-state index contributed by atoms with van der Waals surface area (Å²) in [5.74, 6) is -1.91. The molecule has 0 aliphatic carbocycles. The number of amides is 1. The summed E-state index contributed by atoms with van der Waals surface area (Å²) in [5, 5.41) is 21.9. The Labute approximate surface area is 113 Å². The number of nitrogens with one attached hydrogen (secondary N) is 1. The summed E-state index contributed by atoms with van der Waals surface area (Å²) < 4.78 is 0.889. The number of carboxylic acids is 1. The van der Waals surface area contributed by atoms with E-state index in [2.05, 4.69) is 5.32 Å². The van der Waals surface area contributed by atoms with Gasteiger partial charge in [0.1, 0.15) is 6.04 Å². The number of aryl methyl sites for hydroxylation is 1. The Balaban J connectivity index is 3.16. The SMILES string of the molecule is CC(=O)NC(Cn1cc([N+](=O)[O-])c(C)cc1=O)C(=O)O. The van der Waals surface area contributed by atoms with Gasteiger partial charge in [0.2, 0.25) is 5.91 Å². The Morgan fingerprint density at radius 3 is 2.60 bits per heavy atom. The van der Waals surface area contributed by atoms with Gasteiger partial charge in [-0.2, -0.15) is 0 Å². The van der Waals surface area contributed by atoms with Crippen LogP contribution in [0, 0.1) is 17.0 Å². The summed E-state index contributed by atoms with van der Waals surface area (Å²) in [6, 6.07) is -0.294. The lowest BCUT2D eigenvalue weighted by Crippen LogP contribution is -2.44. The number of hydrogen-bond acceptors (Lipinski definition) is 5. The minimum atomic E-state index is -1.34. The molecule has 1 amide bonds. The lowest BCUT2D eigenvalue weighted by molar-refractivity contribution is -0.385. The Hall–Kier alpha value is -2.71. The van der Waals surface area contributed by atoms with E-state index in [-0.39, 0.29) is 11.3 Å². The van der Waals surface area contributed by atoms with Crippen molar-refractivity contribution in [1.29, 1.82) is 0 Å². The molecule has 0 aromatic carbocycles. The molecule has 0 spiro atoms. The second kappa shape index (κ2) is 5.95. The van der Waals surface area contributed by atoms with Crippen LogP contribution in [0.4, 0.5) is 5.69 Å². The molecule has 0 radical (unpaired) electrons. The molecule has 108 valence electrons. The minimum Gasteiger partial charge on any atom is -0.480 e. The molecule has 0 bridgehead atoms. The first kappa shape index (κ1) is 15.3. The van der Waals surface area contributed by atoms with Gasteiger partial charge in [-0.05, 0) is 6.92 Å². The third-order valence-electron chi connectivity index (χ3n) is 2.56. The van der Waals surface area contributed by atoms with E-state index in [1.54, 1.807) is 0 Å². The molecular formula is C11H13N3O6. The molecule has 2 N–H and O–H groups in total. The van der Waals surface area contributed by atoms with Crippen molar-refractivity contribution in [1.82, 2.24) is 9.88 Å². The zero-order valence-electron chi connectivity index (χ0n) is 10.8. The van der Waals surface area contributed by atoms with Crippen molar-refractivity contribution < 1.29 is 19.6 Å². The van der Waals surface area contributed by atoms with Gasteiger partial charge in [0.05, 0.1) is 17.7 Å². The lowest BCUT2D eigenvalue weighted by atomic mass is 10.2. The number of carboxylic acid groups (broad SMARTS) is 1. The molecule has 1 unspecified atom stereocenters. The van der Waals surface area contributed by atoms with Crippen LogP contribution >= 0.6 is 0 Å². The van der Waals surface area contributed by atoms with E-state index in [1.807, 2.05) is 0 Å². The summed E-state index contributed by atoms with van der Waals surface area (Å²) in [6.45, 7) is 2.15. The fourth-order valence-corrected chi connectivity index (χ4v) is 1.62. The third kappa shape index (κ3) is 3.64. The van der Waals surface area contributed by atoms with Crippen molar-refractivity contribution in [3.63, 3.8) is 0 Å². The lowest BCUT2D eigenvalue weighted by Gasteiger charge is -2.14. The number of pyridine rings is 1. The zero-order chi connectivity index (χ0) is 15.4. The third-order valence-corrected chi connectivity index (χ3v) is 2.56. The summed E-state index contributed by atoms with van der Waals surface area (Å²) in [6.07, 6.45) is 0.968. The average Bonchev–Trinajstić information content (AvgIpc) is 2.30. The molecule has 1 atom stereocenters. The first-order chi connectivity index (χ1) is 9.22. The van der Waals surface area contributed by atoms with E-state index in [0.717, 1.165) is 23.8 Å². The maximum atomic E-state index is 11.7. The summed E-state index contributed by atoms with van der Waals surface area (Å²) in [7, 11) is 0. The molecule has 0 saturated carbocycles. The number of hydrogen-bond donors (Lipinski definition) is 2. The van der Waals surface area contributed by atoms with Gasteiger partial charge in [0.25, 0.3) is 11.2 Å². The average molecular weight is 283 g/mol. The minimum absolute atomic E-state index is 0.183. The van der Waals surface area contributed by atoms with Crippen LogP contribution in [0.5, 0.6) is 0 Å². The normalized spacial score (nSPS) is 11.7. The van der Waals surface area contributed by atoms with Crippen LogP contribution in [-0.2, 0) is 16.1 Å². The van der Waals surface area contributed by atoms with Crippen molar-refractivity contribution >= 4 is 17.6 Å². The standard InChI is InChI=1S/C11H13N3O6/c1-6-3-10(16)13(5-9(6)14(19)20)4-8(11(17)18)12-7(2)15/h3,5,8H,4H2,1-2H3,(H,12,15)(H,17,18). The van der Waals surface area contributed by atoms with E-state index >= 15 is 0 Å². The molecule has 9 heteroatoms. The Morgan fingerprint density at radius 2 is 2.15 bits per heavy atom. The van der Waals surface area contributed by atoms with Gasteiger partial charge in [-0.1, -0.05) is 0 Å². The highest BCUT2D eigenvalue weighted by atomic mass is 16.6. The molecule has 0 aliphatic rings. The maximum Gasteiger partial charge on any atom is 0.328 e. The van der Waals surface area contributed by atoms with Gasteiger partial charge in [-0.25, -0.2) is 4.79 Å². The first-order valence-electron chi connectivity index (χ1n) is 5.57. The number of nitro groups is 1. The Morgan fingerprint density at radius 1 is 1.55 bits per heavy atom. The van der Waals surface area contributed by atoms with Gasteiger partial charge >= 0.3 is 5.97 Å². The van der Waals surface area contributed by atoms with Gasteiger partial charge in [0, 0.05) is 18.6 Å². The number of rotatable bonds is 5. The van der Waals surface area contributed by atoms with Gasteiger partial charge < -0.3 is 15.0 Å². The molecule has 0 fully saturated rings. The summed E-state index contributed by atoms with van der Waals surface area (Å²) in [5.41, 5.74) is -0.691. The number of carbonyl (C=O) groups excluding carboxylic acids is 1. The topological polar surface area (TPSA) is 132 Å². The fourth-order valence-electron chi connectivity index (χ4n) is 1.62. The highest BCUT2D eigenvalue weighted by Crippen LogP contribution is 2.14. The van der Waals surface area contributed by atoms with E-state index in [9.17, 15) is 24.5 Å². The molecule has 1 aromatic rings. The summed E-state index contributed by atoms with van der Waals surface area (Å²) in [4.78, 5) is 43.7. The Kier molecular flexibility index (Phi) is 4.57. The second-order valence-corrected chi connectivity index (χ2v) is 4.18. The summed E-state index contributed by atoms with van der Waals surface area (Å²) >= 11 is 0. The van der Waals surface area contributed by atoms with E-state index in [4.69, 9.17) is 5.11 Å². The van der Waals surface area contributed by atoms with Gasteiger partial charge in [-0.15, -0.1) is 0 Å². The van der Waals surface area contributed by atoms with Crippen molar-refractivity contribution in [2.45, 2.75) is 26.4 Å². The van der Waals surface area contributed by atoms with E-state index < -0.39 is 34.9 Å². The van der Waals surface area contributed by atoms with Gasteiger partial charge in [0.15, 0.2) is 0 Å². The monoisotopic (exact) mass is 283 g/mol. The smallest absolute Gasteiger partial charge is 0.328 e. The molecule has 0 aliphatic heterocycles. The van der Waals surface area contributed by atoms with Crippen molar-refractivity contribution in [3.8, 4) is 0 Å². The van der Waals surface area contributed by atoms with Crippen LogP contribution in [-0.4, -0.2) is 32.5 Å². The van der Waals surface area contributed by atoms with Crippen LogP contribution in [0.2, 0.25) is 0 Å². The number of nitrogens with zero attached hydrogens (tertiary/aromatic N) is 2. The predicted molar refractivity (Wildman–Crippen MR) is 67.3 cm³/mol. The predicted octanol–water partition coefficient (Wildman–Crippen LogP) is -0.346. The zero-order valence-corrected chi connectivity index (χ0v) is 10.8. The molecule has 1 heterocycles. The largest absolute Gasteiger partial charge is 0.480 e. The van der Waals surface area contributed by atoms with Crippen LogP contribution in [0.25, 0.3) is 0 Å². The number of aromatic nitrogens is 1. The number of carbonyl (C=O) groups is 2. The Bertz CT molecular complexity index is 621.